The number of hydrogen-bond donors (Lipinski definition) is 0. The van der Waals surface area contributed by atoms with Crippen LogP contribution in [0.15, 0.2) is 41.2 Å². The molecule has 1 aliphatic rings. The molecule has 1 aromatic heterocycles. The topological polar surface area (TPSA) is 83.3 Å². The average Bonchev–Trinajstić information content (AvgIpc) is 3.21. The zero-order chi connectivity index (χ0) is 20.4. The third kappa shape index (κ3) is 4.07. The molecule has 1 saturated carbocycles. The van der Waals surface area contributed by atoms with Crippen molar-refractivity contribution in [3.8, 4) is 11.4 Å². The number of rotatable bonds is 5. The molecule has 0 spiro atoms. The molecule has 0 amide bonds. The van der Waals surface area contributed by atoms with Crippen LogP contribution in [0.25, 0.3) is 16.6 Å². The van der Waals surface area contributed by atoms with Gasteiger partial charge in [-0.1, -0.05) is 28.9 Å². The molecule has 0 saturated heterocycles. The van der Waals surface area contributed by atoms with E-state index in [1.807, 2.05) is 0 Å². The zero-order valence-corrected chi connectivity index (χ0v) is 16.1. The van der Waals surface area contributed by atoms with Crippen molar-refractivity contribution in [2.45, 2.75) is 31.8 Å². The second kappa shape index (κ2) is 8.16. The van der Waals surface area contributed by atoms with Crippen LogP contribution in [0.2, 0.25) is 5.02 Å². The summed E-state index contributed by atoms with van der Waals surface area (Å²) in [6.45, 7) is -0.375. The summed E-state index contributed by atoms with van der Waals surface area (Å²) in [7, 11) is 0. The van der Waals surface area contributed by atoms with E-state index in [1.54, 1.807) is 24.3 Å². The molecule has 0 N–H and O–H groups in total. The molecule has 29 heavy (non-hydrogen) atoms. The third-order valence-electron chi connectivity index (χ3n) is 4.74. The van der Waals surface area contributed by atoms with Crippen molar-refractivity contribution in [3.63, 3.8) is 0 Å². The van der Waals surface area contributed by atoms with E-state index in [-0.39, 0.29) is 29.2 Å². The first-order valence-electron chi connectivity index (χ1n) is 9.19. The lowest BCUT2D eigenvalue weighted by molar-refractivity contribution is -0.151. The Kier molecular flexibility index (Phi) is 5.44. The minimum Gasteiger partial charge on any atom is -0.480 e. The maximum atomic E-state index is 14.5. The fourth-order valence-electron chi connectivity index (χ4n) is 3.30. The smallest absolute Gasteiger partial charge is 0.344 e. The molecule has 0 unspecified atom stereocenters. The lowest BCUT2D eigenvalue weighted by Gasteiger charge is -2.14. The van der Waals surface area contributed by atoms with Crippen molar-refractivity contribution in [3.05, 3.63) is 57.6 Å². The number of halogens is 2. The summed E-state index contributed by atoms with van der Waals surface area (Å²) in [5.41, 5.74) is -0.325. The fourth-order valence-corrected chi connectivity index (χ4v) is 3.51. The van der Waals surface area contributed by atoms with Gasteiger partial charge in [-0.25, -0.2) is 9.18 Å². The summed E-state index contributed by atoms with van der Waals surface area (Å²) in [5, 5.41) is 7.99. The van der Waals surface area contributed by atoms with Crippen LogP contribution >= 0.6 is 11.6 Å². The Hall–Kier alpha value is -3.00. The third-order valence-corrected chi connectivity index (χ3v) is 5.04. The van der Waals surface area contributed by atoms with Gasteiger partial charge in [-0.15, -0.1) is 5.10 Å². The van der Waals surface area contributed by atoms with E-state index >= 15 is 0 Å². The average molecular weight is 418 g/mol. The van der Waals surface area contributed by atoms with Crippen LogP contribution in [0.3, 0.4) is 0 Å². The Morgan fingerprint density at radius 3 is 2.79 bits per heavy atom. The second-order valence-electron chi connectivity index (χ2n) is 6.74. The Bertz CT molecular complexity index is 1130. The van der Waals surface area contributed by atoms with Crippen molar-refractivity contribution in [2.75, 3.05) is 6.61 Å². The lowest BCUT2D eigenvalue weighted by Crippen LogP contribution is -2.24. The van der Waals surface area contributed by atoms with E-state index in [2.05, 4.69) is 10.3 Å². The van der Waals surface area contributed by atoms with Gasteiger partial charge < -0.3 is 9.47 Å². The quantitative estimate of drug-likeness (QED) is 0.591. The largest absolute Gasteiger partial charge is 0.480 e. The summed E-state index contributed by atoms with van der Waals surface area (Å²) >= 11 is 6.04. The first kappa shape index (κ1) is 19.3. The molecule has 0 aliphatic heterocycles. The van der Waals surface area contributed by atoms with Gasteiger partial charge in [0.05, 0.1) is 10.4 Å². The minimum atomic E-state index is -0.775. The number of aromatic nitrogens is 3. The molecular formula is C20H17ClFN3O4. The van der Waals surface area contributed by atoms with Gasteiger partial charge in [0.25, 0.3) is 5.56 Å². The maximum absolute atomic E-state index is 14.5. The molecule has 0 bridgehead atoms. The number of carbonyl (C=O) groups is 1. The van der Waals surface area contributed by atoms with Crippen molar-refractivity contribution in [1.29, 1.82) is 0 Å². The van der Waals surface area contributed by atoms with E-state index < -0.39 is 17.3 Å². The SMILES string of the molecule is O=C(COc1cc(-n2nnc3ccccc3c2=O)c(F)cc1Cl)OC1CCCC1. The highest BCUT2D eigenvalue weighted by Crippen LogP contribution is 2.29. The Morgan fingerprint density at radius 1 is 1.24 bits per heavy atom. The van der Waals surface area contributed by atoms with Crippen molar-refractivity contribution in [1.82, 2.24) is 15.0 Å². The van der Waals surface area contributed by atoms with E-state index in [4.69, 9.17) is 21.1 Å². The molecule has 0 atom stereocenters. The molecule has 1 fully saturated rings. The monoisotopic (exact) mass is 417 g/mol. The highest BCUT2D eigenvalue weighted by Gasteiger charge is 2.20. The first-order chi connectivity index (χ1) is 14.0. The molecule has 1 heterocycles. The van der Waals surface area contributed by atoms with Crippen LogP contribution in [0, 0.1) is 5.82 Å². The summed E-state index contributed by atoms with van der Waals surface area (Å²) in [6, 6.07) is 8.83. The van der Waals surface area contributed by atoms with Gasteiger partial charge in [-0.2, -0.15) is 4.68 Å². The van der Waals surface area contributed by atoms with Gasteiger partial charge in [-0.05, 0) is 43.9 Å². The molecule has 9 heteroatoms. The molecule has 0 radical (unpaired) electrons. The maximum Gasteiger partial charge on any atom is 0.344 e. The van der Waals surface area contributed by atoms with Crippen molar-refractivity contribution >= 4 is 28.5 Å². The Labute approximate surface area is 170 Å². The number of hydrogen-bond acceptors (Lipinski definition) is 6. The summed E-state index contributed by atoms with van der Waals surface area (Å²) in [4.78, 5) is 24.6. The normalized spacial score (nSPS) is 14.3. The Balaban J connectivity index is 1.60. The summed E-state index contributed by atoms with van der Waals surface area (Å²) in [5.74, 6) is -1.27. The van der Waals surface area contributed by atoms with Gasteiger partial charge in [-0.3, -0.25) is 4.79 Å². The number of ether oxygens (including phenoxy) is 2. The number of nitrogens with zero attached hydrogens (tertiary/aromatic N) is 3. The van der Waals surface area contributed by atoms with Crippen molar-refractivity contribution < 1.29 is 18.7 Å². The molecule has 2 aromatic carbocycles. The summed E-state index contributed by atoms with van der Waals surface area (Å²) < 4.78 is 26.1. The zero-order valence-electron chi connectivity index (χ0n) is 15.3. The van der Waals surface area contributed by atoms with E-state index in [0.717, 1.165) is 36.4 Å². The predicted octanol–water partition coefficient (Wildman–Crippen LogP) is 3.44. The van der Waals surface area contributed by atoms with Crippen LogP contribution in [0.1, 0.15) is 25.7 Å². The minimum absolute atomic E-state index is 0.0355. The van der Waals surface area contributed by atoms with Gasteiger partial charge in [0.2, 0.25) is 0 Å². The van der Waals surface area contributed by atoms with Gasteiger partial charge >= 0.3 is 5.97 Å². The Morgan fingerprint density at radius 2 is 2.00 bits per heavy atom. The molecule has 1 aliphatic carbocycles. The van der Waals surface area contributed by atoms with Crippen LogP contribution < -0.4 is 10.3 Å². The van der Waals surface area contributed by atoms with E-state index in [9.17, 15) is 14.0 Å². The van der Waals surface area contributed by atoms with Crippen LogP contribution in [0.4, 0.5) is 4.39 Å². The number of carbonyl (C=O) groups excluding carboxylic acids is 1. The van der Waals surface area contributed by atoms with Crippen LogP contribution in [-0.4, -0.2) is 33.7 Å². The second-order valence-corrected chi connectivity index (χ2v) is 7.15. The molecule has 3 aromatic rings. The fraction of sp³-hybridized carbons (Fsp3) is 0.300. The molecule has 150 valence electrons. The number of benzene rings is 2. The number of fused-ring (bicyclic) bond motifs is 1. The van der Waals surface area contributed by atoms with E-state index in [1.165, 1.54) is 6.07 Å². The van der Waals surface area contributed by atoms with Gasteiger partial charge in [0.15, 0.2) is 12.4 Å². The first-order valence-corrected chi connectivity index (χ1v) is 9.57. The van der Waals surface area contributed by atoms with Gasteiger partial charge in [0.1, 0.15) is 23.1 Å². The highest BCUT2D eigenvalue weighted by atomic mass is 35.5. The van der Waals surface area contributed by atoms with Crippen LogP contribution in [0.5, 0.6) is 5.75 Å². The lowest BCUT2D eigenvalue weighted by atomic mass is 10.2. The molecule has 4 rings (SSSR count). The number of esters is 1. The summed E-state index contributed by atoms with van der Waals surface area (Å²) in [6.07, 6.45) is 3.67. The molecular weight excluding hydrogens is 401 g/mol. The van der Waals surface area contributed by atoms with Crippen LogP contribution in [-0.2, 0) is 9.53 Å². The highest BCUT2D eigenvalue weighted by molar-refractivity contribution is 6.32. The standard InChI is InChI=1S/C20H17ClFN3O4/c21-14-9-15(22)17(25-20(27)13-7-3-4-8-16(13)23-24-25)10-18(14)28-11-19(26)29-12-5-1-2-6-12/h3-4,7-10,12H,1-2,5-6,11H2. The molecule has 7 nitrogen and oxygen atoms in total. The predicted molar refractivity (Wildman–Crippen MR) is 104 cm³/mol. The van der Waals surface area contributed by atoms with Gasteiger partial charge in [0, 0.05) is 6.07 Å². The van der Waals surface area contributed by atoms with Crippen molar-refractivity contribution in [2.24, 2.45) is 0 Å². The van der Waals surface area contributed by atoms with E-state index in [0.29, 0.717) is 10.9 Å².